The quantitative estimate of drug-likeness (QED) is 0.843. The van der Waals surface area contributed by atoms with Gasteiger partial charge in [0, 0.05) is 23.8 Å². The van der Waals surface area contributed by atoms with Crippen LogP contribution >= 0.6 is 0 Å². The van der Waals surface area contributed by atoms with Crippen molar-refractivity contribution < 1.29 is 9.59 Å². The Balaban J connectivity index is 1.64. The van der Waals surface area contributed by atoms with Crippen LogP contribution in [0.4, 0.5) is 10.5 Å². The van der Waals surface area contributed by atoms with E-state index in [0.29, 0.717) is 17.5 Å². The van der Waals surface area contributed by atoms with Crippen molar-refractivity contribution in [3.63, 3.8) is 0 Å². The molecule has 2 atom stereocenters. The second kappa shape index (κ2) is 5.88. The number of hydrogen-bond acceptors (Lipinski definition) is 2. The lowest BCUT2D eigenvalue weighted by Gasteiger charge is -2.31. The molecule has 1 saturated heterocycles. The van der Waals surface area contributed by atoms with Crippen molar-refractivity contribution in [3.8, 4) is 0 Å². The van der Waals surface area contributed by atoms with Crippen molar-refractivity contribution in [2.75, 3.05) is 11.9 Å². The van der Waals surface area contributed by atoms with Crippen LogP contribution in [0.5, 0.6) is 0 Å². The third-order valence-electron chi connectivity index (χ3n) is 4.81. The number of urea groups is 1. The summed E-state index contributed by atoms with van der Waals surface area (Å²) in [5.74, 6) is 0.738. The predicted octanol–water partition coefficient (Wildman–Crippen LogP) is 3.69. The molecule has 2 fully saturated rings. The highest BCUT2D eigenvalue weighted by Crippen LogP contribution is 2.36. The van der Waals surface area contributed by atoms with Crippen molar-refractivity contribution in [2.45, 2.75) is 45.1 Å². The summed E-state index contributed by atoms with van der Waals surface area (Å²) in [4.78, 5) is 25.7. The predicted molar refractivity (Wildman–Crippen MR) is 82.5 cm³/mol. The Morgan fingerprint density at radius 3 is 2.52 bits per heavy atom. The van der Waals surface area contributed by atoms with Crippen LogP contribution in [-0.2, 0) is 0 Å². The van der Waals surface area contributed by atoms with E-state index in [2.05, 4.69) is 5.32 Å². The summed E-state index contributed by atoms with van der Waals surface area (Å²) in [6.07, 6.45) is 6.09. The third-order valence-corrected chi connectivity index (χ3v) is 4.81. The van der Waals surface area contributed by atoms with Crippen molar-refractivity contribution >= 4 is 17.5 Å². The zero-order valence-corrected chi connectivity index (χ0v) is 12.5. The molecule has 1 heterocycles. The maximum atomic E-state index is 12.4. The largest absolute Gasteiger partial charge is 0.322 e. The number of benzene rings is 1. The van der Waals surface area contributed by atoms with Gasteiger partial charge in [-0.05, 0) is 56.4 Å². The second-order valence-corrected chi connectivity index (χ2v) is 6.16. The number of rotatable bonds is 2. The molecular formula is C17H22N2O2. The molecule has 0 bridgehead atoms. The number of nitrogens with zero attached hydrogens (tertiary/aromatic N) is 1. The van der Waals surface area contributed by atoms with Gasteiger partial charge < -0.3 is 10.2 Å². The van der Waals surface area contributed by atoms with E-state index < -0.39 is 0 Å². The number of carbonyl (C=O) groups is 2. The molecule has 2 aliphatic rings. The number of likely N-dealkylation sites (tertiary alicyclic amines) is 1. The first-order valence-electron chi connectivity index (χ1n) is 7.84. The molecule has 0 radical (unpaired) electrons. The van der Waals surface area contributed by atoms with Crippen molar-refractivity contribution in [3.05, 3.63) is 29.8 Å². The van der Waals surface area contributed by atoms with Crippen LogP contribution in [0.3, 0.4) is 0 Å². The third kappa shape index (κ3) is 2.94. The molecule has 1 saturated carbocycles. The Bertz CT molecular complexity index is 538. The van der Waals surface area contributed by atoms with E-state index >= 15 is 0 Å². The molecule has 3 rings (SSSR count). The number of amides is 2. The van der Waals surface area contributed by atoms with E-state index in [1.807, 2.05) is 4.90 Å². The Hall–Kier alpha value is -1.84. The van der Waals surface area contributed by atoms with Gasteiger partial charge in [0.1, 0.15) is 0 Å². The van der Waals surface area contributed by atoms with Gasteiger partial charge in [-0.3, -0.25) is 4.79 Å². The number of fused-ring (bicyclic) bond motifs is 1. The van der Waals surface area contributed by atoms with E-state index in [1.165, 1.54) is 19.3 Å². The summed E-state index contributed by atoms with van der Waals surface area (Å²) in [6.45, 7) is 2.41. The molecule has 2 amide bonds. The van der Waals surface area contributed by atoms with Gasteiger partial charge in [-0.15, -0.1) is 0 Å². The van der Waals surface area contributed by atoms with E-state index in [9.17, 15) is 9.59 Å². The van der Waals surface area contributed by atoms with E-state index in [1.54, 1.807) is 31.2 Å². The van der Waals surface area contributed by atoms with Crippen LogP contribution in [0.1, 0.15) is 49.4 Å². The second-order valence-electron chi connectivity index (χ2n) is 6.16. The monoisotopic (exact) mass is 286 g/mol. The maximum Gasteiger partial charge on any atom is 0.322 e. The molecule has 1 aromatic rings. The number of anilines is 1. The number of ketones is 1. The summed E-state index contributed by atoms with van der Waals surface area (Å²) < 4.78 is 0. The van der Waals surface area contributed by atoms with Gasteiger partial charge in [-0.2, -0.15) is 0 Å². The summed E-state index contributed by atoms with van der Waals surface area (Å²) >= 11 is 0. The number of carbonyl (C=O) groups excluding carboxylic acids is 2. The van der Waals surface area contributed by atoms with E-state index in [0.717, 1.165) is 25.1 Å². The normalized spacial score (nSPS) is 24.5. The highest BCUT2D eigenvalue weighted by molar-refractivity contribution is 5.95. The zero-order valence-electron chi connectivity index (χ0n) is 12.5. The highest BCUT2D eigenvalue weighted by atomic mass is 16.2. The molecule has 1 N–H and O–H groups in total. The average molecular weight is 286 g/mol. The smallest absolute Gasteiger partial charge is 0.321 e. The molecule has 1 aliphatic carbocycles. The van der Waals surface area contributed by atoms with Crippen LogP contribution in [0.2, 0.25) is 0 Å². The van der Waals surface area contributed by atoms with Gasteiger partial charge >= 0.3 is 6.03 Å². The minimum Gasteiger partial charge on any atom is -0.321 e. The van der Waals surface area contributed by atoms with E-state index in [-0.39, 0.29) is 11.8 Å². The average Bonchev–Trinajstić information content (AvgIpc) is 2.92. The van der Waals surface area contributed by atoms with Crippen molar-refractivity contribution in [1.29, 1.82) is 0 Å². The first kappa shape index (κ1) is 14.1. The molecule has 112 valence electrons. The lowest BCUT2D eigenvalue weighted by atomic mass is 9.85. The lowest BCUT2D eigenvalue weighted by Crippen LogP contribution is -2.41. The fourth-order valence-corrected chi connectivity index (χ4v) is 3.64. The Morgan fingerprint density at radius 1 is 1.10 bits per heavy atom. The SMILES string of the molecule is CC(=O)c1ccc(NC(=O)N2CCC3CCCCC32)cc1. The molecule has 2 unspecified atom stereocenters. The lowest BCUT2D eigenvalue weighted by molar-refractivity contribution is 0.101. The first-order chi connectivity index (χ1) is 10.1. The van der Waals surface area contributed by atoms with Gasteiger partial charge in [-0.25, -0.2) is 4.79 Å². The summed E-state index contributed by atoms with van der Waals surface area (Å²) in [6, 6.07) is 7.53. The minimum atomic E-state index is -0.0000231. The molecule has 1 aromatic carbocycles. The van der Waals surface area contributed by atoms with Crippen LogP contribution in [-0.4, -0.2) is 29.3 Å². The summed E-state index contributed by atoms with van der Waals surface area (Å²) in [5.41, 5.74) is 1.42. The first-order valence-corrected chi connectivity index (χ1v) is 7.84. The highest BCUT2D eigenvalue weighted by Gasteiger charge is 2.38. The Labute approximate surface area is 125 Å². The maximum absolute atomic E-state index is 12.4. The number of nitrogens with one attached hydrogen (secondary N) is 1. The van der Waals surface area contributed by atoms with Crippen LogP contribution < -0.4 is 5.32 Å². The van der Waals surface area contributed by atoms with Gasteiger partial charge in [-0.1, -0.05) is 12.8 Å². The number of Topliss-reactive ketones (excluding diaryl/α,β-unsaturated/α-hetero) is 1. The fourth-order valence-electron chi connectivity index (χ4n) is 3.64. The molecule has 1 aliphatic heterocycles. The van der Waals surface area contributed by atoms with Crippen molar-refractivity contribution in [2.24, 2.45) is 5.92 Å². The minimum absolute atomic E-state index is 0.0000231. The molecular weight excluding hydrogens is 264 g/mol. The van der Waals surface area contributed by atoms with Gasteiger partial charge in [0.2, 0.25) is 0 Å². The van der Waals surface area contributed by atoms with Gasteiger partial charge in [0.25, 0.3) is 0 Å². The van der Waals surface area contributed by atoms with Gasteiger partial charge in [0.05, 0.1) is 0 Å². The fraction of sp³-hybridized carbons (Fsp3) is 0.529. The summed E-state index contributed by atoms with van der Waals surface area (Å²) in [7, 11) is 0. The van der Waals surface area contributed by atoms with Gasteiger partial charge in [0.15, 0.2) is 5.78 Å². The topological polar surface area (TPSA) is 49.4 Å². The zero-order chi connectivity index (χ0) is 14.8. The van der Waals surface area contributed by atoms with Crippen LogP contribution in [0.15, 0.2) is 24.3 Å². The van der Waals surface area contributed by atoms with Crippen LogP contribution in [0, 0.1) is 5.92 Å². The molecule has 0 spiro atoms. The Morgan fingerprint density at radius 2 is 1.81 bits per heavy atom. The molecule has 0 aromatic heterocycles. The number of hydrogen-bond donors (Lipinski definition) is 1. The molecule has 4 nitrogen and oxygen atoms in total. The summed E-state index contributed by atoms with van der Waals surface area (Å²) in [5, 5.41) is 2.96. The molecule has 4 heteroatoms. The van der Waals surface area contributed by atoms with Crippen molar-refractivity contribution in [1.82, 2.24) is 4.90 Å². The standard InChI is InChI=1S/C17H22N2O2/c1-12(20)13-6-8-15(9-7-13)18-17(21)19-11-10-14-4-2-3-5-16(14)19/h6-9,14,16H,2-5,10-11H2,1H3,(H,18,21). The Kier molecular flexibility index (Phi) is 3.95. The van der Waals surface area contributed by atoms with Crippen LogP contribution in [0.25, 0.3) is 0 Å². The molecule has 21 heavy (non-hydrogen) atoms. The van der Waals surface area contributed by atoms with E-state index in [4.69, 9.17) is 0 Å².